The van der Waals surface area contributed by atoms with Crippen molar-refractivity contribution in [2.45, 2.75) is 66.7 Å². The fourth-order valence-electron chi connectivity index (χ4n) is 1.67. The van der Waals surface area contributed by atoms with E-state index in [1.54, 1.807) is 0 Å². The highest BCUT2D eigenvalue weighted by atomic mass is 32.2. The maximum absolute atomic E-state index is 13.0. The monoisotopic (exact) mass is 618 g/mol. The quantitative estimate of drug-likeness (QED) is 0.176. The van der Waals surface area contributed by atoms with Crippen LogP contribution in [-0.4, -0.2) is 71.5 Å². The molecule has 36 heavy (non-hydrogen) atoms. The van der Waals surface area contributed by atoms with Gasteiger partial charge in [-0.05, 0) is 6.42 Å². The number of thiol groups is 1. The number of carbonyl (C=O) groups is 1. The molecular formula is C13H11F17O4S2. The lowest BCUT2D eigenvalue weighted by molar-refractivity contribution is -0.458. The molecule has 0 aromatic heterocycles. The molecule has 0 saturated heterocycles. The van der Waals surface area contributed by atoms with Gasteiger partial charge in [-0.3, -0.25) is 9.35 Å². The van der Waals surface area contributed by atoms with Crippen LogP contribution in [0.4, 0.5) is 74.6 Å². The molecule has 1 N–H and O–H groups in total. The van der Waals surface area contributed by atoms with Crippen molar-refractivity contribution in [3.05, 3.63) is 0 Å². The minimum Gasteiger partial charge on any atom is -0.299 e. The average molecular weight is 618 g/mol. The van der Waals surface area contributed by atoms with E-state index in [4.69, 9.17) is 4.55 Å². The number of ketones is 1. The van der Waals surface area contributed by atoms with E-state index < -0.39 is 57.1 Å². The molecule has 0 bridgehead atoms. The third kappa shape index (κ3) is 5.75. The van der Waals surface area contributed by atoms with Crippen LogP contribution in [0, 0.1) is 0 Å². The molecule has 0 radical (unpaired) electrons. The summed E-state index contributed by atoms with van der Waals surface area (Å²) in [4.78, 5) is 10.3. The maximum atomic E-state index is 13.0. The summed E-state index contributed by atoms with van der Waals surface area (Å²) in [6.07, 6.45) is -6.25. The Balaban J connectivity index is 0. The van der Waals surface area contributed by atoms with Crippen LogP contribution in [0.5, 0.6) is 0 Å². The largest absolute Gasteiger partial charge is 0.460 e. The third-order valence-corrected chi connectivity index (χ3v) is 4.98. The molecule has 0 aliphatic rings. The maximum Gasteiger partial charge on any atom is 0.460 e. The molecule has 23 heteroatoms. The van der Waals surface area contributed by atoms with E-state index in [1.165, 1.54) is 0 Å². The first-order chi connectivity index (χ1) is 15.3. The van der Waals surface area contributed by atoms with Gasteiger partial charge >= 0.3 is 57.1 Å². The Hall–Kier alpha value is -1.26. The van der Waals surface area contributed by atoms with Crippen molar-refractivity contribution in [1.82, 2.24) is 0 Å². The van der Waals surface area contributed by atoms with Crippen LogP contribution in [0.15, 0.2) is 0 Å². The second kappa shape index (κ2) is 10.5. The van der Waals surface area contributed by atoms with Crippen molar-refractivity contribution in [3.63, 3.8) is 0 Å². The minimum absolute atomic E-state index is 0.242. The van der Waals surface area contributed by atoms with Crippen molar-refractivity contribution < 1.29 is 92.4 Å². The van der Waals surface area contributed by atoms with Crippen LogP contribution in [0.3, 0.4) is 0 Å². The predicted octanol–water partition coefficient (Wildman–Crippen LogP) is 6.13. The van der Waals surface area contributed by atoms with Gasteiger partial charge in [0.1, 0.15) is 5.78 Å². The molecule has 218 valence electrons. The van der Waals surface area contributed by atoms with Gasteiger partial charge in [-0.1, -0.05) is 6.92 Å². The lowest BCUT2D eigenvalue weighted by Gasteiger charge is -2.42. The molecule has 0 saturated carbocycles. The zero-order chi connectivity index (χ0) is 30.2. The second-order valence-electron chi connectivity index (χ2n) is 6.38. The van der Waals surface area contributed by atoms with Crippen molar-refractivity contribution in [2.75, 3.05) is 5.75 Å². The molecule has 0 atom stereocenters. The lowest BCUT2D eigenvalue weighted by atomic mass is 9.91. The standard InChI is InChI=1S/C8HF17O3S.C5H10OS/c9-1(10,3(13,14)5(17,18)7(21,22)23)2(11,12)4(15,16)6(19,20)8(24,25)29(26,27)28;1-2-3-5(6)4-7/h(H,26,27,28);7H,2-4H2,1H3. The minimum atomic E-state index is -8.89. The fourth-order valence-corrected chi connectivity index (χ4v) is 2.28. The average Bonchev–Trinajstić information content (AvgIpc) is 2.65. The van der Waals surface area contributed by atoms with Gasteiger partial charge in [0.2, 0.25) is 0 Å². The number of carbonyl (C=O) groups excluding carboxylic acids is 1. The Morgan fingerprint density at radius 3 is 1.11 bits per heavy atom. The highest BCUT2D eigenvalue weighted by Gasteiger charge is 2.96. The van der Waals surface area contributed by atoms with Crippen LogP contribution in [-0.2, 0) is 14.9 Å². The molecule has 0 unspecified atom stereocenters. The SMILES string of the molecule is CCCC(=O)CS.O=S(=O)(O)C(F)(F)C(F)(F)C(F)(F)C(F)(F)C(F)(F)C(F)(F)C(F)(F)C(F)(F)F. The Labute approximate surface area is 194 Å². The van der Waals surface area contributed by atoms with Crippen LogP contribution in [0.2, 0.25) is 0 Å². The van der Waals surface area contributed by atoms with Crippen molar-refractivity contribution in [3.8, 4) is 0 Å². The van der Waals surface area contributed by atoms with Crippen LogP contribution < -0.4 is 0 Å². The molecule has 0 aliphatic carbocycles. The van der Waals surface area contributed by atoms with Gasteiger partial charge in [0.25, 0.3) is 0 Å². The van der Waals surface area contributed by atoms with E-state index in [0.29, 0.717) is 12.2 Å². The predicted molar refractivity (Wildman–Crippen MR) is 86.0 cm³/mol. The summed E-state index contributed by atoms with van der Waals surface area (Å²) < 4.78 is 242. The lowest BCUT2D eigenvalue weighted by Crippen LogP contribution is -2.74. The molecule has 0 heterocycles. The summed E-state index contributed by atoms with van der Waals surface area (Å²) >= 11 is 3.80. The van der Waals surface area contributed by atoms with Gasteiger partial charge in [0.15, 0.2) is 0 Å². The molecule has 0 aliphatic heterocycles. The zero-order valence-electron chi connectivity index (χ0n) is 16.6. The normalized spacial score (nSPS) is 15.3. The molecule has 0 amide bonds. The van der Waals surface area contributed by atoms with E-state index in [-0.39, 0.29) is 5.78 Å². The highest BCUT2D eigenvalue weighted by Crippen LogP contribution is 2.64. The number of hydrogen-bond donors (Lipinski definition) is 2. The smallest absolute Gasteiger partial charge is 0.299 e. The summed E-state index contributed by atoms with van der Waals surface area (Å²) in [5.41, 5.74) is 0. The van der Waals surface area contributed by atoms with Crippen LogP contribution in [0.1, 0.15) is 19.8 Å². The highest BCUT2D eigenvalue weighted by molar-refractivity contribution is 7.87. The molecule has 4 nitrogen and oxygen atoms in total. The van der Waals surface area contributed by atoms with E-state index in [1.807, 2.05) is 6.92 Å². The van der Waals surface area contributed by atoms with Crippen molar-refractivity contribution in [2.24, 2.45) is 0 Å². The number of Topliss-reactive ketones (excluding diaryl/α,β-unsaturated/α-hetero) is 1. The molecule has 0 aromatic rings. The topological polar surface area (TPSA) is 71.4 Å². The Morgan fingerprint density at radius 1 is 0.639 bits per heavy atom. The Kier molecular flexibility index (Phi) is 10.7. The first kappa shape index (κ1) is 36.9. The molecule has 0 spiro atoms. The summed E-state index contributed by atoms with van der Waals surface area (Å²) in [5.74, 6) is -51.3. The van der Waals surface area contributed by atoms with Crippen molar-refractivity contribution in [1.29, 1.82) is 0 Å². The van der Waals surface area contributed by atoms with Gasteiger partial charge in [-0.25, -0.2) is 0 Å². The first-order valence-corrected chi connectivity index (χ1v) is 10.2. The van der Waals surface area contributed by atoms with E-state index in [0.717, 1.165) is 6.42 Å². The summed E-state index contributed by atoms with van der Waals surface area (Å²) in [6.45, 7) is 1.99. The van der Waals surface area contributed by atoms with E-state index in [2.05, 4.69) is 12.6 Å². The second-order valence-corrected chi connectivity index (χ2v) is 8.16. The van der Waals surface area contributed by atoms with Gasteiger partial charge in [0.05, 0.1) is 0 Å². The van der Waals surface area contributed by atoms with Gasteiger partial charge in [-0.15, -0.1) is 0 Å². The van der Waals surface area contributed by atoms with Crippen molar-refractivity contribution >= 4 is 28.5 Å². The van der Waals surface area contributed by atoms with Crippen LogP contribution >= 0.6 is 12.6 Å². The van der Waals surface area contributed by atoms with Gasteiger partial charge in [-0.2, -0.15) is 95.7 Å². The number of alkyl halides is 17. The fraction of sp³-hybridized carbons (Fsp3) is 0.923. The Bertz CT molecular complexity index is 879. The zero-order valence-corrected chi connectivity index (χ0v) is 18.3. The molecule has 0 rings (SSSR count). The number of halogens is 17. The first-order valence-electron chi connectivity index (χ1n) is 8.12. The van der Waals surface area contributed by atoms with Crippen LogP contribution in [0.25, 0.3) is 0 Å². The third-order valence-electron chi connectivity index (χ3n) is 3.72. The summed E-state index contributed by atoms with van der Waals surface area (Å²) in [6, 6.07) is 0. The Morgan fingerprint density at radius 2 is 0.917 bits per heavy atom. The van der Waals surface area contributed by atoms with E-state index >= 15 is 0 Å². The molecular weight excluding hydrogens is 607 g/mol. The molecule has 0 fully saturated rings. The van der Waals surface area contributed by atoms with E-state index in [9.17, 15) is 87.8 Å². The van der Waals surface area contributed by atoms with Gasteiger partial charge < -0.3 is 0 Å². The summed E-state index contributed by atoms with van der Waals surface area (Å²) in [5, 5.41) is -7.84. The summed E-state index contributed by atoms with van der Waals surface area (Å²) in [7, 11) is -7.89. The molecule has 0 aromatic carbocycles. The van der Waals surface area contributed by atoms with Gasteiger partial charge in [0, 0.05) is 12.2 Å². The number of hydrogen-bond acceptors (Lipinski definition) is 4. The number of rotatable bonds is 10.